The monoisotopic (exact) mass is 232 g/mol. The highest BCUT2D eigenvalue weighted by atomic mass is 16.4. The number of aromatic carboxylic acids is 1. The summed E-state index contributed by atoms with van der Waals surface area (Å²) in [5, 5.41) is 22.8. The molecule has 0 radical (unpaired) electrons. The largest absolute Gasteiger partial charge is 0.507 e. The summed E-state index contributed by atoms with van der Waals surface area (Å²) in [7, 11) is 1.79. The van der Waals surface area contributed by atoms with Crippen molar-refractivity contribution in [2.75, 3.05) is 0 Å². The van der Waals surface area contributed by atoms with Gasteiger partial charge in [0, 0.05) is 24.4 Å². The van der Waals surface area contributed by atoms with Gasteiger partial charge in [-0.1, -0.05) is 0 Å². The molecule has 0 bridgehead atoms. The van der Waals surface area contributed by atoms with E-state index in [1.807, 2.05) is 6.92 Å². The van der Waals surface area contributed by atoms with E-state index in [1.165, 1.54) is 12.1 Å². The lowest BCUT2D eigenvalue weighted by molar-refractivity contribution is 0.0696. The summed E-state index contributed by atoms with van der Waals surface area (Å²) >= 11 is 0. The molecule has 0 saturated heterocycles. The molecule has 1 aromatic heterocycles. The van der Waals surface area contributed by atoms with Gasteiger partial charge in [-0.2, -0.15) is 5.10 Å². The molecule has 0 saturated carbocycles. The van der Waals surface area contributed by atoms with Crippen LogP contribution in [0.1, 0.15) is 16.1 Å². The molecular formula is C12H12N2O3. The first-order valence-electron chi connectivity index (χ1n) is 5.06. The maximum atomic E-state index is 10.7. The maximum Gasteiger partial charge on any atom is 0.335 e. The Hall–Kier alpha value is -2.30. The van der Waals surface area contributed by atoms with Crippen LogP contribution >= 0.6 is 0 Å². The Labute approximate surface area is 97.9 Å². The first kappa shape index (κ1) is 11.2. The smallest absolute Gasteiger partial charge is 0.335 e. The lowest BCUT2D eigenvalue weighted by Crippen LogP contribution is -1.95. The van der Waals surface area contributed by atoms with E-state index in [2.05, 4.69) is 5.10 Å². The van der Waals surface area contributed by atoms with Gasteiger partial charge in [0.15, 0.2) is 0 Å². The first-order chi connectivity index (χ1) is 7.99. The second-order valence-electron chi connectivity index (χ2n) is 3.84. The Bertz CT molecular complexity index is 587. The average Bonchev–Trinajstić information content (AvgIpc) is 2.57. The summed E-state index contributed by atoms with van der Waals surface area (Å²) in [4.78, 5) is 10.7. The minimum atomic E-state index is -1.06. The second kappa shape index (κ2) is 3.93. The number of nitrogens with zero attached hydrogens (tertiary/aromatic N) is 2. The second-order valence-corrected chi connectivity index (χ2v) is 3.84. The number of rotatable bonds is 2. The van der Waals surface area contributed by atoms with Crippen LogP contribution in [0, 0.1) is 6.92 Å². The van der Waals surface area contributed by atoms with E-state index in [1.54, 1.807) is 24.0 Å². The van der Waals surface area contributed by atoms with Gasteiger partial charge in [-0.3, -0.25) is 4.68 Å². The van der Waals surface area contributed by atoms with E-state index in [4.69, 9.17) is 5.11 Å². The fraction of sp³-hybridized carbons (Fsp3) is 0.167. The summed E-state index contributed by atoms with van der Waals surface area (Å²) in [6, 6.07) is 4.29. The lowest BCUT2D eigenvalue weighted by Gasteiger charge is -2.04. The molecule has 17 heavy (non-hydrogen) atoms. The van der Waals surface area contributed by atoms with Crippen LogP contribution in [0.25, 0.3) is 11.1 Å². The van der Waals surface area contributed by atoms with Gasteiger partial charge in [0.2, 0.25) is 0 Å². The molecule has 1 aromatic carbocycles. The number of hydrogen-bond donors (Lipinski definition) is 2. The average molecular weight is 232 g/mol. The fourth-order valence-corrected chi connectivity index (χ4v) is 1.76. The van der Waals surface area contributed by atoms with Crippen LogP contribution in [-0.4, -0.2) is 26.0 Å². The van der Waals surface area contributed by atoms with Crippen LogP contribution in [0.15, 0.2) is 24.4 Å². The van der Waals surface area contributed by atoms with Gasteiger partial charge < -0.3 is 10.2 Å². The molecule has 1 heterocycles. The molecular weight excluding hydrogens is 220 g/mol. The SMILES string of the molecule is Cc1nn(C)cc1-c1ccc(C(=O)O)cc1O. The molecule has 0 fully saturated rings. The van der Waals surface area contributed by atoms with E-state index in [-0.39, 0.29) is 11.3 Å². The predicted molar refractivity (Wildman–Crippen MR) is 62.0 cm³/mol. The zero-order valence-corrected chi connectivity index (χ0v) is 9.51. The highest BCUT2D eigenvalue weighted by Crippen LogP contribution is 2.31. The zero-order chi connectivity index (χ0) is 12.6. The van der Waals surface area contributed by atoms with Crippen LogP contribution in [0.3, 0.4) is 0 Å². The van der Waals surface area contributed by atoms with E-state index < -0.39 is 5.97 Å². The number of aromatic hydroxyl groups is 1. The molecule has 5 nitrogen and oxygen atoms in total. The van der Waals surface area contributed by atoms with Crippen LogP contribution < -0.4 is 0 Å². The standard InChI is InChI=1S/C12H12N2O3/c1-7-10(6-14(2)13-7)9-4-3-8(12(16)17)5-11(9)15/h3-6,15H,1-2H3,(H,16,17). The highest BCUT2D eigenvalue weighted by molar-refractivity contribution is 5.89. The van der Waals surface area contributed by atoms with Crippen LogP contribution in [-0.2, 0) is 7.05 Å². The van der Waals surface area contributed by atoms with Crippen molar-refractivity contribution >= 4 is 5.97 Å². The quantitative estimate of drug-likeness (QED) is 0.827. The summed E-state index contributed by atoms with van der Waals surface area (Å²) in [6.45, 7) is 1.83. The predicted octanol–water partition coefficient (Wildman–Crippen LogP) is 1.80. The molecule has 0 aliphatic rings. The Morgan fingerprint density at radius 1 is 1.35 bits per heavy atom. The minimum Gasteiger partial charge on any atom is -0.507 e. The van der Waals surface area contributed by atoms with Crippen LogP contribution in [0.4, 0.5) is 0 Å². The van der Waals surface area contributed by atoms with Crippen molar-refractivity contribution in [3.63, 3.8) is 0 Å². The number of benzene rings is 1. The van der Waals surface area contributed by atoms with Crippen molar-refractivity contribution in [1.82, 2.24) is 9.78 Å². The van der Waals surface area contributed by atoms with Crippen molar-refractivity contribution < 1.29 is 15.0 Å². The number of carboxylic acid groups (broad SMARTS) is 1. The molecule has 2 rings (SSSR count). The number of carbonyl (C=O) groups is 1. The van der Waals surface area contributed by atoms with Gasteiger partial charge in [0.05, 0.1) is 11.3 Å². The molecule has 2 N–H and O–H groups in total. The third-order valence-corrected chi connectivity index (χ3v) is 2.55. The van der Waals surface area contributed by atoms with Crippen LogP contribution in [0.5, 0.6) is 5.75 Å². The van der Waals surface area contributed by atoms with Crippen LogP contribution in [0.2, 0.25) is 0 Å². The van der Waals surface area contributed by atoms with Crippen molar-refractivity contribution in [1.29, 1.82) is 0 Å². The molecule has 88 valence electrons. The number of carboxylic acids is 1. The number of aromatic nitrogens is 2. The van der Waals surface area contributed by atoms with Crippen molar-refractivity contribution in [2.24, 2.45) is 7.05 Å². The van der Waals surface area contributed by atoms with Gasteiger partial charge in [0.25, 0.3) is 0 Å². The van der Waals surface area contributed by atoms with Gasteiger partial charge in [-0.25, -0.2) is 4.79 Å². The van der Waals surface area contributed by atoms with Gasteiger partial charge >= 0.3 is 5.97 Å². The number of hydrogen-bond acceptors (Lipinski definition) is 3. The van der Waals surface area contributed by atoms with Crippen molar-refractivity contribution in [3.05, 3.63) is 35.7 Å². The van der Waals surface area contributed by atoms with Gasteiger partial charge in [0.1, 0.15) is 5.75 Å². The topological polar surface area (TPSA) is 75.4 Å². The highest BCUT2D eigenvalue weighted by Gasteiger charge is 2.12. The third kappa shape index (κ3) is 1.99. The normalized spacial score (nSPS) is 10.5. The molecule has 0 aliphatic carbocycles. The first-order valence-corrected chi connectivity index (χ1v) is 5.06. The van der Waals surface area contributed by atoms with Crippen molar-refractivity contribution in [3.8, 4) is 16.9 Å². The summed E-state index contributed by atoms with van der Waals surface area (Å²) in [5.41, 5.74) is 2.22. The molecule has 0 spiro atoms. The molecule has 0 amide bonds. The summed E-state index contributed by atoms with van der Waals surface area (Å²) in [5.74, 6) is -1.12. The van der Waals surface area contributed by atoms with E-state index in [9.17, 15) is 9.90 Å². The van der Waals surface area contributed by atoms with E-state index >= 15 is 0 Å². The summed E-state index contributed by atoms with van der Waals surface area (Å²) in [6.07, 6.45) is 1.78. The molecule has 0 atom stereocenters. The number of aryl methyl sites for hydroxylation is 2. The number of phenols is 1. The maximum absolute atomic E-state index is 10.7. The van der Waals surface area contributed by atoms with E-state index in [0.29, 0.717) is 5.56 Å². The Morgan fingerprint density at radius 2 is 2.06 bits per heavy atom. The van der Waals surface area contributed by atoms with Crippen molar-refractivity contribution in [2.45, 2.75) is 6.92 Å². The minimum absolute atomic E-state index is 0.0546. The Balaban J connectivity index is 2.54. The fourth-order valence-electron chi connectivity index (χ4n) is 1.76. The van der Waals surface area contributed by atoms with Gasteiger partial charge in [-0.05, 0) is 25.1 Å². The zero-order valence-electron chi connectivity index (χ0n) is 9.51. The molecule has 0 unspecified atom stereocenters. The molecule has 2 aromatic rings. The lowest BCUT2D eigenvalue weighted by atomic mass is 10.0. The number of phenolic OH excluding ortho intramolecular Hbond substituents is 1. The molecule has 0 aliphatic heterocycles. The summed E-state index contributed by atoms with van der Waals surface area (Å²) < 4.78 is 1.65. The third-order valence-electron chi connectivity index (χ3n) is 2.55. The van der Waals surface area contributed by atoms with Gasteiger partial charge in [-0.15, -0.1) is 0 Å². The van der Waals surface area contributed by atoms with E-state index in [0.717, 1.165) is 11.3 Å². The Morgan fingerprint density at radius 3 is 2.53 bits per heavy atom. The Kier molecular flexibility index (Phi) is 2.59. The molecule has 5 heteroatoms.